The fraction of sp³-hybridized carbons (Fsp3) is 0.591. The summed E-state index contributed by atoms with van der Waals surface area (Å²) in [7, 11) is 1.40. The van der Waals surface area contributed by atoms with Crippen LogP contribution >= 0.6 is 0 Å². The molecule has 0 N–H and O–H groups in total. The molecule has 4 heteroatoms. The number of allylic oxidation sites excluding steroid dienone is 2. The van der Waals surface area contributed by atoms with Crippen LogP contribution in [0.1, 0.15) is 75.4 Å². The fourth-order valence-electron chi connectivity index (χ4n) is 4.21. The summed E-state index contributed by atoms with van der Waals surface area (Å²) < 4.78 is 17.7. The molecule has 0 spiro atoms. The molecule has 0 amide bonds. The molecule has 2 heterocycles. The molecule has 3 rings (SSSR count). The van der Waals surface area contributed by atoms with Crippen LogP contribution in [0.2, 0.25) is 0 Å². The number of benzene rings is 1. The van der Waals surface area contributed by atoms with Crippen LogP contribution < -0.4 is 4.74 Å². The van der Waals surface area contributed by atoms with Gasteiger partial charge >= 0.3 is 5.97 Å². The first-order valence-corrected chi connectivity index (χ1v) is 9.54. The highest BCUT2D eigenvalue weighted by molar-refractivity contribution is 5.89. The van der Waals surface area contributed by atoms with E-state index in [9.17, 15) is 4.79 Å². The maximum Gasteiger partial charge on any atom is 0.337 e. The van der Waals surface area contributed by atoms with Crippen molar-refractivity contribution < 1.29 is 19.0 Å². The third-order valence-corrected chi connectivity index (χ3v) is 5.69. The van der Waals surface area contributed by atoms with Gasteiger partial charge in [-0.15, -0.1) is 0 Å². The number of methoxy groups -OCH3 is 1. The second-order valence-electron chi connectivity index (χ2n) is 8.03. The van der Waals surface area contributed by atoms with Crippen molar-refractivity contribution in [1.82, 2.24) is 0 Å². The largest absolute Gasteiger partial charge is 0.487 e. The Morgan fingerprint density at radius 1 is 1.35 bits per heavy atom. The number of hydrogen-bond donors (Lipinski definition) is 0. The van der Waals surface area contributed by atoms with Crippen LogP contribution in [0.15, 0.2) is 29.8 Å². The lowest BCUT2D eigenvalue weighted by Gasteiger charge is -2.50. The van der Waals surface area contributed by atoms with Crippen LogP contribution in [0.3, 0.4) is 0 Å². The smallest absolute Gasteiger partial charge is 0.337 e. The van der Waals surface area contributed by atoms with Gasteiger partial charge in [0.25, 0.3) is 0 Å². The van der Waals surface area contributed by atoms with Crippen LogP contribution in [0.5, 0.6) is 5.75 Å². The molecule has 2 aliphatic rings. The minimum atomic E-state index is -0.329. The van der Waals surface area contributed by atoms with Gasteiger partial charge in [-0.2, -0.15) is 0 Å². The minimum absolute atomic E-state index is 0.0381. The second-order valence-corrected chi connectivity index (χ2v) is 8.03. The molecule has 1 fully saturated rings. The van der Waals surface area contributed by atoms with E-state index in [1.54, 1.807) is 6.07 Å². The monoisotopic (exact) mass is 358 g/mol. The van der Waals surface area contributed by atoms with Gasteiger partial charge in [0.1, 0.15) is 11.4 Å². The molecule has 0 saturated carbocycles. The van der Waals surface area contributed by atoms with E-state index in [1.165, 1.54) is 12.7 Å². The molecule has 1 aromatic carbocycles. The Hall–Kier alpha value is -1.81. The first kappa shape index (κ1) is 19.0. The highest BCUT2D eigenvalue weighted by atomic mass is 16.5. The first-order chi connectivity index (χ1) is 12.3. The number of ether oxygens (including phenoxy) is 3. The molecule has 4 atom stereocenters. The predicted octanol–water partition coefficient (Wildman–Crippen LogP) is 5.23. The molecular formula is C22H30O4. The van der Waals surface area contributed by atoms with Crippen molar-refractivity contribution >= 4 is 5.97 Å². The quantitative estimate of drug-likeness (QED) is 0.546. The van der Waals surface area contributed by atoms with Gasteiger partial charge in [0.05, 0.1) is 24.9 Å². The fourth-order valence-corrected chi connectivity index (χ4v) is 4.21. The number of hydrogen-bond acceptors (Lipinski definition) is 4. The van der Waals surface area contributed by atoms with Crippen LogP contribution in [0.25, 0.3) is 0 Å². The van der Waals surface area contributed by atoms with E-state index in [0.717, 1.165) is 37.0 Å². The highest BCUT2D eigenvalue weighted by Crippen LogP contribution is 2.52. The number of fused-ring (bicyclic) bond motifs is 3. The van der Waals surface area contributed by atoms with Crippen molar-refractivity contribution in [2.24, 2.45) is 5.92 Å². The summed E-state index contributed by atoms with van der Waals surface area (Å²) >= 11 is 0. The molecule has 0 radical (unpaired) electrons. The zero-order chi connectivity index (χ0) is 18.9. The highest BCUT2D eigenvalue weighted by Gasteiger charge is 2.49. The molecule has 0 aliphatic carbocycles. The van der Waals surface area contributed by atoms with E-state index in [2.05, 4.69) is 33.8 Å². The summed E-state index contributed by atoms with van der Waals surface area (Å²) in [5.41, 5.74) is 2.58. The Labute approximate surface area is 156 Å². The Morgan fingerprint density at radius 2 is 2.12 bits per heavy atom. The molecule has 26 heavy (non-hydrogen) atoms. The van der Waals surface area contributed by atoms with Crippen LogP contribution in [0.4, 0.5) is 0 Å². The van der Waals surface area contributed by atoms with Crippen LogP contribution in [-0.2, 0) is 9.47 Å². The molecule has 4 nitrogen and oxygen atoms in total. The minimum Gasteiger partial charge on any atom is -0.487 e. The zero-order valence-corrected chi connectivity index (χ0v) is 16.5. The number of carbonyl (C=O) groups is 1. The standard InChI is InChI=1S/C22H30O4/c1-14(2)7-6-12-22(4)18-10-8-15(3)25-20(18)17-13-16(21(23)24-5)9-11-19(17)26-22/h7,9,11,13,15,18,20H,6,8,10,12H2,1-5H3/t15-,18-,20+,22+/m1/s1. The van der Waals surface area contributed by atoms with Gasteiger partial charge in [-0.3, -0.25) is 0 Å². The number of carbonyl (C=O) groups excluding carboxylic acids is 1. The lowest BCUT2D eigenvalue weighted by Crippen LogP contribution is -2.50. The summed E-state index contributed by atoms with van der Waals surface area (Å²) in [6.07, 6.45) is 6.50. The molecule has 1 saturated heterocycles. The van der Waals surface area contributed by atoms with Gasteiger partial charge in [0, 0.05) is 11.5 Å². The molecule has 2 aliphatic heterocycles. The van der Waals surface area contributed by atoms with E-state index in [4.69, 9.17) is 14.2 Å². The van der Waals surface area contributed by atoms with Gasteiger partial charge in [-0.05, 0) is 71.6 Å². The average molecular weight is 358 g/mol. The van der Waals surface area contributed by atoms with Crippen molar-refractivity contribution in [2.45, 2.75) is 71.2 Å². The average Bonchev–Trinajstić information content (AvgIpc) is 2.60. The van der Waals surface area contributed by atoms with E-state index >= 15 is 0 Å². The Bertz CT molecular complexity index is 704. The molecule has 142 valence electrons. The summed E-state index contributed by atoms with van der Waals surface area (Å²) in [5.74, 6) is 0.780. The summed E-state index contributed by atoms with van der Waals surface area (Å²) in [5, 5.41) is 0. The van der Waals surface area contributed by atoms with E-state index < -0.39 is 0 Å². The maximum absolute atomic E-state index is 11.9. The Balaban J connectivity index is 1.96. The topological polar surface area (TPSA) is 44.8 Å². The first-order valence-electron chi connectivity index (χ1n) is 9.54. The number of esters is 1. The third-order valence-electron chi connectivity index (χ3n) is 5.69. The lowest BCUT2D eigenvalue weighted by molar-refractivity contribution is -0.152. The van der Waals surface area contributed by atoms with Gasteiger partial charge < -0.3 is 14.2 Å². The maximum atomic E-state index is 11.9. The summed E-state index contributed by atoms with van der Waals surface area (Å²) in [6.45, 7) is 8.58. The predicted molar refractivity (Wildman–Crippen MR) is 101 cm³/mol. The van der Waals surface area contributed by atoms with Crippen molar-refractivity contribution in [3.63, 3.8) is 0 Å². The Kier molecular flexibility index (Phi) is 5.42. The zero-order valence-electron chi connectivity index (χ0n) is 16.5. The number of rotatable bonds is 4. The van der Waals surface area contributed by atoms with Gasteiger partial charge in [0.2, 0.25) is 0 Å². The summed E-state index contributed by atoms with van der Waals surface area (Å²) in [4.78, 5) is 11.9. The molecule has 0 bridgehead atoms. The molecule has 1 aromatic rings. The van der Waals surface area contributed by atoms with Gasteiger partial charge in [-0.1, -0.05) is 11.6 Å². The van der Waals surface area contributed by atoms with Gasteiger partial charge in [0.15, 0.2) is 0 Å². The van der Waals surface area contributed by atoms with Crippen molar-refractivity contribution in [2.75, 3.05) is 7.11 Å². The summed E-state index contributed by atoms with van der Waals surface area (Å²) in [6, 6.07) is 5.54. The lowest BCUT2D eigenvalue weighted by atomic mass is 9.72. The van der Waals surface area contributed by atoms with Gasteiger partial charge in [-0.25, -0.2) is 4.79 Å². The molecular weight excluding hydrogens is 328 g/mol. The van der Waals surface area contributed by atoms with Crippen molar-refractivity contribution in [3.05, 3.63) is 41.0 Å². The van der Waals surface area contributed by atoms with Crippen LogP contribution in [0, 0.1) is 5.92 Å². The van der Waals surface area contributed by atoms with Crippen LogP contribution in [-0.4, -0.2) is 24.8 Å². The van der Waals surface area contributed by atoms with Crippen molar-refractivity contribution in [3.8, 4) is 5.75 Å². The third kappa shape index (κ3) is 3.66. The normalized spacial score (nSPS) is 29.8. The second kappa shape index (κ2) is 7.43. The van der Waals surface area contributed by atoms with E-state index in [1.807, 2.05) is 12.1 Å². The van der Waals surface area contributed by atoms with E-state index in [-0.39, 0.29) is 29.7 Å². The molecule has 0 aromatic heterocycles. The van der Waals surface area contributed by atoms with Crippen molar-refractivity contribution in [1.29, 1.82) is 0 Å². The Morgan fingerprint density at radius 3 is 2.81 bits per heavy atom. The van der Waals surface area contributed by atoms with E-state index in [0.29, 0.717) is 5.56 Å². The molecule has 0 unspecified atom stereocenters. The SMILES string of the molecule is COC(=O)c1ccc2c(c1)[C@@H]1O[C@H](C)CC[C@H]1[C@](C)(CCC=C(C)C)O2.